The Morgan fingerprint density at radius 1 is 0.818 bits per heavy atom. The fourth-order valence-electron chi connectivity index (χ4n) is 2.62. The van der Waals surface area contributed by atoms with E-state index in [-0.39, 0.29) is 0 Å². The maximum Gasteiger partial charge on any atom is 0.104 e. The quantitative estimate of drug-likeness (QED) is 0.502. The third-order valence-corrected chi connectivity index (χ3v) is 4.46. The highest BCUT2D eigenvalue weighted by atomic mass is 35.5. The zero-order chi connectivity index (χ0) is 16.5. The van der Waals surface area contributed by atoms with Crippen LogP contribution in [0.15, 0.2) is 18.2 Å². The van der Waals surface area contributed by atoms with E-state index >= 15 is 0 Å². The lowest BCUT2D eigenvalue weighted by Gasteiger charge is -2.21. The topological polar surface area (TPSA) is 13.3 Å². The van der Waals surface area contributed by atoms with Crippen LogP contribution in [0.4, 0.5) is 0 Å². The molecule has 1 aromatic carbocycles. The molecule has 0 aliphatic heterocycles. The van der Waals surface area contributed by atoms with Gasteiger partial charge in [0.25, 0.3) is 0 Å². The fraction of sp³-hybridized carbons (Fsp3) is 0.647. The van der Waals surface area contributed by atoms with E-state index in [1.807, 2.05) is 12.1 Å². The van der Waals surface area contributed by atoms with Crippen LogP contribution < -0.4 is 14.7 Å². The van der Waals surface area contributed by atoms with Gasteiger partial charge in [0.15, 0.2) is 0 Å². The molecule has 3 nitrogen and oxygen atoms in total. The molecule has 22 heavy (non-hydrogen) atoms. The summed E-state index contributed by atoms with van der Waals surface area (Å²) in [7, 11) is 8.85. The summed E-state index contributed by atoms with van der Waals surface area (Å²) in [5, 5.41) is 1.50. The summed E-state index contributed by atoms with van der Waals surface area (Å²) in [6.07, 6.45) is 2.50. The minimum atomic E-state index is 0.711. The van der Waals surface area contributed by atoms with Crippen molar-refractivity contribution in [1.82, 2.24) is 0 Å². The number of hydrogen-bond donors (Lipinski definition) is 3. The van der Waals surface area contributed by atoms with E-state index < -0.39 is 0 Å². The molecule has 0 saturated heterocycles. The molecule has 3 N–H and O–H groups in total. The summed E-state index contributed by atoms with van der Waals surface area (Å²) >= 11 is 12.3. The van der Waals surface area contributed by atoms with Gasteiger partial charge in [0.1, 0.15) is 6.54 Å². The zero-order valence-electron chi connectivity index (χ0n) is 14.4. The van der Waals surface area contributed by atoms with E-state index in [2.05, 4.69) is 34.3 Å². The van der Waals surface area contributed by atoms with Crippen LogP contribution in [0.2, 0.25) is 10.0 Å². The lowest BCUT2D eigenvalue weighted by Crippen LogP contribution is -3.13. The van der Waals surface area contributed by atoms with Gasteiger partial charge < -0.3 is 14.7 Å². The molecule has 0 bridgehead atoms. The van der Waals surface area contributed by atoms with Crippen LogP contribution in [0.5, 0.6) is 0 Å². The normalized spacial score (nSPS) is 11.9. The second-order valence-corrected chi connectivity index (χ2v) is 7.63. The fourth-order valence-corrected chi connectivity index (χ4v) is 3.10. The summed E-state index contributed by atoms with van der Waals surface area (Å²) in [5.74, 6) is 0. The van der Waals surface area contributed by atoms with Crippen LogP contribution in [0.3, 0.4) is 0 Å². The minimum Gasteiger partial charge on any atom is -0.340 e. The molecule has 126 valence electrons. The number of rotatable bonds is 10. The largest absolute Gasteiger partial charge is 0.340 e. The van der Waals surface area contributed by atoms with Crippen LogP contribution in [-0.4, -0.2) is 54.4 Å². The van der Waals surface area contributed by atoms with E-state index in [0.29, 0.717) is 5.02 Å². The number of benzene rings is 1. The summed E-state index contributed by atoms with van der Waals surface area (Å²) in [4.78, 5) is 4.65. The number of nitrogens with one attached hydrogen (secondary N) is 3. The Balaban J connectivity index is 2.58. The lowest BCUT2D eigenvalue weighted by atomic mass is 10.2. The van der Waals surface area contributed by atoms with Gasteiger partial charge in [-0.15, -0.1) is 0 Å². The van der Waals surface area contributed by atoms with Gasteiger partial charge >= 0.3 is 0 Å². The van der Waals surface area contributed by atoms with Crippen molar-refractivity contribution in [2.75, 3.05) is 54.4 Å². The molecule has 0 aliphatic rings. The highest BCUT2D eigenvalue weighted by Gasteiger charge is 2.13. The van der Waals surface area contributed by atoms with E-state index in [1.54, 1.807) is 4.90 Å². The number of halogens is 2. The van der Waals surface area contributed by atoms with Gasteiger partial charge in [-0.1, -0.05) is 29.3 Å². The van der Waals surface area contributed by atoms with Crippen molar-refractivity contribution in [3.05, 3.63) is 33.8 Å². The molecule has 1 rings (SSSR count). The average Bonchev–Trinajstić information content (AvgIpc) is 2.40. The first-order valence-corrected chi connectivity index (χ1v) is 8.99. The summed E-state index contributed by atoms with van der Waals surface area (Å²) < 4.78 is 0. The molecule has 0 radical (unpaired) electrons. The van der Waals surface area contributed by atoms with Gasteiger partial charge in [-0.05, 0) is 12.1 Å². The van der Waals surface area contributed by atoms with Crippen molar-refractivity contribution in [1.29, 1.82) is 0 Å². The maximum absolute atomic E-state index is 6.34. The summed E-state index contributed by atoms with van der Waals surface area (Å²) in [6, 6.07) is 5.86. The predicted octanol–water partition coefficient (Wildman–Crippen LogP) is -0.552. The predicted molar refractivity (Wildman–Crippen MR) is 95.5 cm³/mol. The molecule has 0 saturated carbocycles. The molecule has 0 fully saturated rings. The van der Waals surface area contributed by atoms with Gasteiger partial charge in [-0.3, -0.25) is 0 Å². The summed E-state index contributed by atoms with van der Waals surface area (Å²) in [6.45, 7) is 5.83. The third-order valence-electron chi connectivity index (χ3n) is 3.87. The SMILES string of the molecule is C[NH+](C)CCC[NH+](CCC[NH+](C)C)Cc1ccc(Cl)cc1Cl. The van der Waals surface area contributed by atoms with Crippen molar-refractivity contribution >= 4 is 23.2 Å². The van der Waals surface area contributed by atoms with Crippen molar-refractivity contribution in [3.63, 3.8) is 0 Å². The Bertz CT molecular complexity index is 422. The molecule has 0 heterocycles. The van der Waals surface area contributed by atoms with Crippen molar-refractivity contribution in [2.45, 2.75) is 19.4 Å². The maximum atomic E-state index is 6.34. The molecular formula is C17H32Cl2N3+3. The average molecular weight is 349 g/mol. The Morgan fingerprint density at radius 2 is 1.36 bits per heavy atom. The van der Waals surface area contributed by atoms with E-state index in [4.69, 9.17) is 23.2 Å². The Labute approximate surface area is 145 Å². The van der Waals surface area contributed by atoms with Crippen LogP contribution in [-0.2, 0) is 6.54 Å². The van der Waals surface area contributed by atoms with Crippen LogP contribution in [0.25, 0.3) is 0 Å². The minimum absolute atomic E-state index is 0.711. The van der Waals surface area contributed by atoms with Crippen molar-refractivity contribution < 1.29 is 14.7 Å². The van der Waals surface area contributed by atoms with Crippen LogP contribution in [0.1, 0.15) is 18.4 Å². The molecule has 1 aromatic rings. The van der Waals surface area contributed by atoms with E-state index in [0.717, 1.165) is 11.6 Å². The highest BCUT2D eigenvalue weighted by Crippen LogP contribution is 2.20. The second kappa shape index (κ2) is 10.5. The third kappa shape index (κ3) is 8.35. The van der Waals surface area contributed by atoms with Crippen LogP contribution in [0, 0.1) is 0 Å². The standard InChI is InChI=1S/C17H29Cl2N3/c1-20(2)9-5-11-22(12-6-10-21(3)4)14-15-7-8-16(18)13-17(15)19/h7-8,13H,5-6,9-12,14H2,1-4H3/p+3. The summed E-state index contributed by atoms with van der Waals surface area (Å²) in [5.41, 5.74) is 1.20. The zero-order valence-corrected chi connectivity index (χ0v) is 15.9. The molecule has 0 unspecified atom stereocenters. The van der Waals surface area contributed by atoms with Crippen molar-refractivity contribution in [2.24, 2.45) is 0 Å². The number of quaternary nitrogens is 3. The Hall–Kier alpha value is -0.320. The van der Waals surface area contributed by atoms with E-state index in [1.165, 1.54) is 54.4 Å². The Kier molecular flexibility index (Phi) is 9.37. The molecule has 0 atom stereocenters. The van der Waals surface area contributed by atoms with Gasteiger partial charge in [0, 0.05) is 23.4 Å². The molecule has 0 aromatic heterocycles. The molecule has 0 aliphatic carbocycles. The Morgan fingerprint density at radius 3 is 1.82 bits per heavy atom. The molecule has 5 heteroatoms. The van der Waals surface area contributed by atoms with Crippen LogP contribution >= 0.6 is 23.2 Å². The van der Waals surface area contributed by atoms with Gasteiger partial charge in [0.2, 0.25) is 0 Å². The lowest BCUT2D eigenvalue weighted by molar-refractivity contribution is -0.925. The van der Waals surface area contributed by atoms with Gasteiger partial charge in [0.05, 0.1) is 59.4 Å². The first-order chi connectivity index (χ1) is 10.4. The molecule has 0 amide bonds. The molecule has 0 spiro atoms. The second-order valence-electron chi connectivity index (χ2n) is 6.78. The van der Waals surface area contributed by atoms with Gasteiger partial charge in [-0.25, -0.2) is 0 Å². The van der Waals surface area contributed by atoms with E-state index in [9.17, 15) is 0 Å². The molecular weight excluding hydrogens is 317 g/mol. The van der Waals surface area contributed by atoms with Gasteiger partial charge in [-0.2, -0.15) is 0 Å². The first kappa shape index (κ1) is 19.7. The first-order valence-electron chi connectivity index (χ1n) is 8.24. The number of hydrogen-bond acceptors (Lipinski definition) is 0. The monoisotopic (exact) mass is 348 g/mol. The highest BCUT2D eigenvalue weighted by molar-refractivity contribution is 6.35. The smallest absolute Gasteiger partial charge is 0.104 e. The van der Waals surface area contributed by atoms with Crippen molar-refractivity contribution in [3.8, 4) is 0 Å².